The molecule has 2 aromatic carbocycles. The highest BCUT2D eigenvalue weighted by atomic mass is 16.6. The number of fused-ring (bicyclic) bond motifs is 1. The fourth-order valence-corrected chi connectivity index (χ4v) is 3.70. The van der Waals surface area contributed by atoms with Crippen LogP contribution < -0.4 is 5.32 Å². The molecular formula is C28H27N3O3. The Balaban J connectivity index is 1.71. The van der Waals surface area contributed by atoms with Crippen LogP contribution in [0.2, 0.25) is 0 Å². The van der Waals surface area contributed by atoms with Gasteiger partial charge in [0.25, 0.3) is 0 Å². The molecule has 172 valence electrons. The van der Waals surface area contributed by atoms with Crippen molar-refractivity contribution in [1.29, 1.82) is 0 Å². The summed E-state index contributed by atoms with van der Waals surface area (Å²) >= 11 is 0. The second-order valence-electron chi connectivity index (χ2n) is 9.09. The molecule has 2 aromatic heterocycles. The number of ether oxygens (including phenoxy) is 1. The van der Waals surface area contributed by atoms with Crippen molar-refractivity contribution in [3.05, 3.63) is 84.2 Å². The molecule has 0 saturated heterocycles. The highest BCUT2D eigenvalue weighted by Crippen LogP contribution is 2.34. The Labute approximate surface area is 199 Å². The SMILES string of the molecule is CC(=O)c1nccc2nc(-c3ccc(CNC(=O)OC(C)(C)C)cc3)c(-c3ccccc3)cc12. The van der Waals surface area contributed by atoms with Crippen LogP contribution >= 0.6 is 0 Å². The molecule has 2 heterocycles. The predicted molar refractivity (Wildman–Crippen MR) is 133 cm³/mol. The lowest BCUT2D eigenvalue weighted by Crippen LogP contribution is -2.32. The average Bonchev–Trinajstić information content (AvgIpc) is 2.81. The van der Waals surface area contributed by atoms with Gasteiger partial charge in [-0.3, -0.25) is 9.78 Å². The van der Waals surface area contributed by atoms with E-state index in [0.29, 0.717) is 17.8 Å². The molecule has 0 atom stereocenters. The summed E-state index contributed by atoms with van der Waals surface area (Å²) in [6.07, 6.45) is 1.16. The quantitative estimate of drug-likeness (QED) is 0.364. The minimum Gasteiger partial charge on any atom is -0.444 e. The van der Waals surface area contributed by atoms with Crippen molar-refractivity contribution in [2.24, 2.45) is 0 Å². The number of aromatic nitrogens is 2. The maximum absolute atomic E-state index is 12.2. The number of amides is 1. The van der Waals surface area contributed by atoms with Gasteiger partial charge in [0.2, 0.25) is 0 Å². The van der Waals surface area contributed by atoms with Crippen LogP contribution in [0.4, 0.5) is 4.79 Å². The van der Waals surface area contributed by atoms with Crippen LogP contribution in [-0.4, -0.2) is 27.4 Å². The molecule has 0 spiro atoms. The number of rotatable bonds is 5. The maximum atomic E-state index is 12.2. The highest BCUT2D eigenvalue weighted by Gasteiger charge is 2.17. The first-order chi connectivity index (χ1) is 16.2. The lowest BCUT2D eigenvalue weighted by atomic mass is 9.96. The van der Waals surface area contributed by atoms with Gasteiger partial charge >= 0.3 is 6.09 Å². The second-order valence-corrected chi connectivity index (χ2v) is 9.09. The molecule has 6 nitrogen and oxygen atoms in total. The number of hydrogen-bond donors (Lipinski definition) is 1. The third kappa shape index (κ3) is 5.29. The van der Waals surface area contributed by atoms with Gasteiger partial charge in [-0.2, -0.15) is 0 Å². The van der Waals surface area contributed by atoms with Crippen LogP contribution in [0.3, 0.4) is 0 Å². The maximum Gasteiger partial charge on any atom is 0.407 e. The van der Waals surface area contributed by atoms with E-state index in [2.05, 4.69) is 10.3 Å². The van der Waals surface area contributed by atoms with Crippen molar-refractivity contribution in [2.75, 3.05) is 0 Å². The van der Waals surface area contributed by atoms with Gasteiger partial charge in [-0.1, -0.05) is 54.6 Å². The zero-order chi connectivity index (χ0) is 24.3. The molecule has 0 radical (unpaired) electrons. The van der Waals surface area contributed by atoms with Crippen LogP contribution in [0.5, 0.6) is 0 Å². The van der Waals surface area contributed by atoms with E-state index in [9.17, 15) is 9.59 Å². The Morgan fingerprint density at radius 3 is 2.29 bits per heavy atom. The van der Waals surface area contributed by atoms with Crippen LogP contribution in [0.1, 0.15) is 43.7 Å². The molecule has 34 heavy (non-hydrogen) atoms. The van der Waals surface area contributed by atoms with Crippen molar-refractivity contribution < 1.29 is 14.3 Å². The standard InChI is InChI=1S/C28H27N3O3/c1-18(32)25-23-16-22(20-8-6-5-7-9-20)26(31-24(23)14-15-29-25)21-12-10-19(11-13-21)17-30-27(33)34-28(2,3)4/h5-16H,17H2,1-4H3,(H,30,33). The third-order valence-corrected chi connectivity index (χ3v) is 5.22. The smallest absolute Gasteiger partial charge is 0.407 e. The van der Waals surface area contributed by atoms with Crippen molar-refractivity contribution >= 4 is 22.8 Å². The molecule has 0 aliphatic carbocycles. The van der Waals surface area contributed by atoms with Crippen molar-refractivity contribution in [3.8, 4) is 22.4 Å². The van der Waals surface area contributed by atoms with E-state index in [1.165, 1.54) is 6.92 Å². The second kappa shape index (κ2) is 9.43. The zero-order valence-electron chi connectivity index (χ0n) is 19.8. The molecule has 0 unspecified atom stereocenters. The molecule has 0 bridgehead atoms. The van der Waals surface area contributed by atoms with E-state index in [1.54, 1.807) is 6.20 Å². The van der Waals surface area contributed by atoms with Gasteiger partial charge in [-0.15, -0.1) is 0 Å². The Kier molecular flexibility index (Phi) is 6.41. The van der Waals surface area contributed by atoms with Gasteiger partial charge in [-0.05, 0) is 44.0 Å². The Morgan fingerprint density at radius 2 is 1.65 bits per heavy atom. The number of benzene rings is 2. The first-order valence-corrected chi connectivity index (χ1v) is 11.1. The van der Waals surface area contributed by atoms with Crippen LogP contribution in [-0.2, 0) is 11.3 Å². The topological polar surface area (TPSA) is 81.2 Å². The van der Waals surface area contributed by atoms with Crippen molar-refractivity contribution in [3.63, 3.8) is 0 Å². The molecule has 4 rings (SSSR count). The molecule has 4 aromatic rings. The van der Waals surface area contributed by atoms with Gasteiger partial charge in [0.05, 0.1) is 11.2 Å². The average molecular weight is 454 g/mol. The monoisotopic (exact) mass is 453 g/mol. The summed E-state index contributed by atoms with van der Waals surface area (Å²) in [7, 11) is 0. The minimum absolute atomic E-state index is 0.0963. The number of alkyl carbamates (subject to hydrolysis) is 1. The van der Waals surface area contributed by atoms with Crippen LogP contribution in [0, 0.1) is 0 Å². The summed E-state index contributed by atoms with van der Waals surface area (Å²) in [5, 5.41) is 3.51. The molecule has 1 N–H and O–H groups in total. The molecule has 0 aliphatic heterocycles. The first kappa shape index (κ1) is 23.1. The third-order valence-electron chi connectivity index (χ3n) is 5.22. The van der Waals surface area contributed by atoms with Crippen LogP contribution in [0.25, 0.3) is 33.3 Å². The normalized spacial score (nSPS) is 11.3. The summed E-state index contributed by atoms with van der Waals surface area (Å²) < 4.78 is 5.30. The summed E-state index contributed by atoms with van der Waals surface area (Å²) in [6.45, 7) is 7.37. The minimum atomic E-state index is -0.540. The number of pyridine rings is 2. The van der Waals surface area contributed by atoms with E-state index >= 15 is 0 Å². The van der Waals surface area contributed by atoms with Crippen molar-refractivity contribution in [2.45, 2.75) is 39.8 Å². The number of Topliss-reactive ketones (excluding diaryl/α,β-unsaturated/α-hetero) is 1. The number of carbonyl (C=O) groups is 2. The largest absolute Gasteiger partial charge is 0.444 e. The first-order valence-electron chi connectivity index (χ1n) is 11.1. The predicted octanol–water partition coefficient (Wildman–Crippen LogP) is 6.19. The number of ketones is 1. The van der Waals surface area contributed by atoms with Gasteiger partial charge in [0.15, 0.2) is 5.78 Å². The molecule has 0 aliphatic rings. The Hall–Kier alpha value is -4.06. The molecule has 6 heteroatoms. The van der Waals surface area contributed by atoms with E-state index < -0.39 is 11.7 Å². The van der Waals surface area contributed by atoms with Gasteiger partial charge in [-0.25, -0.2) is 9.78 Å². The summed E-state index contributed by atoms with van der Waals surface area (Å²) in [6, 6.07) is 21.7. The molecule has 0 saturated carbocycles. The van der Waals surface area contributed by atoms with E-state index in [4.69, 9.17) is 9.72 Å². The fourth-order valence-electron chi connectivity index (χ4n) is 3.70. The number of hydrogen-bond acceptors (Lipinski definition) is 5. The number of nitrogens with zero attached hydrogens (tertiary/aromatic N) is 2. The van der Waals surface area contributed by atoms with Gasteiger partial charge < -0.3 is 10.1 Å². The molecular weight excluding hydrogens is 426 g/mol. The summed E-state index contributed by atoms with van der Waals surface area (Å²) in [5.74, 6) is -0.0963. The van der Waals surface area contributed by atoms with E-state index in [-0.39, 0.29) is 5.78 Å². The summed E-state index contributed by atoms with van der Waals surface area (Å²) in [4.78, 5) is 33.3. The fraction of sp³-hybridized carbons (Fsp3) is 0.214. The van der Waals surface area contributed by atoms with Crippen molar-refractivity contribution in [1.82, 2.24) is 15.3 Å². The lowest BCUT2D eigenvalue weighted by Gasteiger charge is -2.19. The summed E-state index contributed by atoms with van der Waals surface area (Å²) in [5.41, 5.74) is 5.20. The Bertz CT molecular complexity index is 1340. The van der Waals surface area contributed by atoms with Gasteiger partial charge in [0.1, 0.15) is 11.3 Å². The number of carbonyl (C=O) groups excluding carboxylic acids is 2. The lowest BCUT2D eigenvalue weighted by molar-refractivity contribution is 0.0523. The van der Waals surface area contributed by atoms with E-state index in [0.717, 1.165) is 33.3 Å². The Morgan fingerprint density at radius 1 is 0.941 bits per heavy atom. The van der Waals surface area contributed by atoms with Gasteiger partial charge in [0, 0.05) is 36.2 Å². The van der Waals surface area contributed by atoms with Crippen LogP contribution in [0.15, 0.2) is 72.9 Å². The zero-order valence-corrected chi connectivity index (χ0v) is 19.8. The molecule has 0 fully saturated rings. The van der Waals surface area contributed by atoms with E-state index in [1.807, 2.05) is 87.5 Å². The number of nitrogens with one attached hydrogen (secondary N) is 1. The highest BCUT2D eigenvalue weighted by molar-refractivity contribution is 6.06. The molecule has 1 amide bonds.